The lowest BCUT2D eigenvalue weighted by atomic mass is 10.1. The third-order valence-electron chi connectivity index (χ3n) is 4.95. The number of carbonyl (C=O) groups is 1. The minimum absolute atomic E-state index is 0.0265. The van der Waals surface area contributed by atoms with Crippen molar-refractivity contribution in [2.45, 2.75) is 43.6 Å². The van der Waals surface area contributed by atoms with Crippen LogP contribution in [0.25, 0.3) is 0 Å². The average molecular weight is 280 g/mol. The number of hydrogen-bond acceptors (Lipinski definition) is 4. The first-order valence-electron chi connectivity index (χ1n) is 7.07. The predicted octanol–water partition coefficient (Wildman–Crippen LogP) is -0.926. The Labute approximate surface area is 115 Å². The zero-order valence-electron chi connectivity index (χ0n) is 11.2. The lowest BCUT2D eigenvalue weighted by Crippen LogP contribution is -2.62. The van der Waals surface area contributed by atoms with E-state index in [1.807, 2.05) is 17.9 Å². The molecule has 2 amide bonds. The van der Waals surface area contributed by atoms with Crippen LogP contribution in [0.5, 0.6) is 0 Å². The van der Waals surface area contributed by atoms with Crippen molar-refractivity contribution in [2.24, 2.45) is 0 Å². The van der Waals surface area contributed by atoms with Crippen LogP contribution in [-0.4, -0.2) is 62.7 Å². The highest BCUT2D eigenvalue weighted by Gasteiger charge is 2.68. The van der Waals surface area contributed by atoms with Crippen molar-refractivity contribution in [3.63, 3.8) is 0 Å². The molecule has 8 nitrogen and oxygen atoms in total. The Morgan fingerprint density at radius 1 is 1.60 bits per heavy atom. The van der Waals surface area contributed by atoms with Crippen molar-refractivity contribution in [2.75, 3.05) is 13.1 Å². The third kappa shape index (κ3) is 1.22. The maximum absolute atomic E-state index is 12.0. The minimum atomic E-state index is -1.22. The van der Waals surface area contributed by atoms with Crippen LogP contribution in [0.3, 0.4) is 0 Å². The number of urea groups is 1. The smallest absolute Gasteiger partial charge is 0.339 e. The Bertz CT molecular complexity index is 535. The van der Waals surface area contributed by atoms with Crippen LogP contribution in [-0.2, 0) is 0 Å². The topological polar surface area (TPSA) is 87.9 Å². The van der Waals surface area contributed by atoms with E-state index in [0.29, 0.717) is 18.8 Å². The van der Waals surface area contributed by atoms with Crippen LogP contribution < -0.4 is 10.7 Å². The van der Waals surface area contributed by atoms with Crippen molar-refractivity contribution in [3.8, 4) is 0 Å². The summed E-state index contributed by atoms with van der Waals surface area (Å²) in [6.07, 6.45) is 3.20. The molecule has 3 aliphatic heterocycles. The number of likely N-dealkylation sites (N-methyl/N-ethyl adjacent to an activating group) is 1. The number of aliphatic hydroxyl groups is 1. The SMILES string of the molecule is CCN1C(=O)NC2C3N[N+](=O)C4=CCCN4C3CC21O. The Hall–Kier alpha value is -1.83. The molecule has 108 valence electrons. The fraction of sp³-hybridized carbons (Fsp3) is 0.750. The molecule has 4 atom stereocenters. The Morgan fingerprint density at radius 2 is 2.40 bits per heavy atom. The van der Waals surface area contributed by atoms with E-state index in [1.54, 1.807) is 0 Å². The van der Waals surface area contributed by atoms with Gasteiger partial charge in [-0.1, -0.05) is 0 Å². The predicted molar refractivity (Wildman–Crippen MR) is 68.0 cm³/mol. The zero-order valence-corrected chi connectivity index (χ0v) is 11.2. The molecule has 3 N–H and O–H groups in total. The number of rotatable bonds is 1. The number of hydrogen-bond donors (Lipinski definition) is 3. The summed E-state index contributed by atoms with van der Waals surface area (Å²) >= 11 is 0. The van der Waals surface area contributed by atoms with Crippen LogP contribution in [0.2, 0.25) is 0 Å². The molecule has 4 rings (SSSR count). The normalized spacial score (nSPS) is 41.9. The summed E-state index contributed by atoms with van der Waals surface area (Å²) in [4.78, 5) is 28.2. The van der Waals surface area contributed by atoms with Crippen molar-refractivity contribution in [1.29, 1.82) is 0 Å². The number of nitrogens with one attached hydrogen (secondary N) is 2. The van der Waals surface area contributed by atoms with Crippen molar-refractivity contribution in [3.05, 3.63) is 16.8 Å². The molecule has 0 radical (unpaired) electrons. The highest BCUT2D eigenvalue weighted by molar-refractivity contribution is 5.79. The monoisotopic (exact) mass is 280 g/mol. The van der Waals surface area contributed by atoms with E-state index in [2.05, 4.69) is 10.7 Å². The number of carbonyl (C=O) groups excluding carboxylic acids is 1. The van der Waals surface area contributed by atoms with Gasteiger partial charge in [0.2, 0.25) is 0 Å². The van der Waals surface area contributed by atoms with Gasteiger partial charge in [-0.05, 0) is 11.8 Å². The summed E-state index contributed by atoms with van der Waals surface area (Å²) < 4.78 is 0. The molecule has 3 heterocycles. The summed E-state index contributed by atoms with van der Waals surface area (Å²) in [7, 11) is 0. The molecule has 0 bridgehead atoms. The summed E-state index contributed by atoms with van der Waals surface area (Å²) in [6.45, 7) is 3.08. The van der Waals surface area contributed by atoms with Crippen molar-refractivity contribution in [1.82, 2.24) is 20.5 Å². The van der Waals surface area contributed by atoms with E-state index in [4.69, 9.17) is 0 Å². The number of nitroso groups, excluding NO2 is 1. The van der Waals surface area contributed by atoms with E-state index in [-0.39, 0.29) is 18.1 Å². The summed E-state index contributed by atoms with van der Waals surface area (Å²) in [5, 5.41) is 13.8. The van der Waals surface area contributed by atoms with Gasteiger partial charge >= 0.3 is 11.9 Å². The highest BCUT2D eigenvalue weighted by Crippen LogP contribution is 2.43. The lowest BCUT2D eigenvalue weighted by Gasteiger charge is -2.32. The summed E-state index contributed by atoms with van der Waals surface area (Å²) in [5.74, 6) is 0.629. The number of hydrazine groups is 1. The van der Waals surface area contributed by atoms with Crippen LogP contribution in [0.1, 0.15) is 19.8 Å². The second kappa shape index (κ2) is 3.63. The van der Waals surface area contributed by atoms with Crippen LogP contribution >= 0.6 is 0 Å². The molecular formula is C12H18N5O3+. The highest BCUT2D eigenvalue weighted by atomic mass is 16.3. The van der Waals surface area contributed by atoms with Crippen molar-refractivity contribution >= 4 is 6.03 Å². The van der Waals surface area contributed by atoms with Gasteiger partial charge in [0.15, 0.2) is 5.72 Å². The molecule has 4 aliphatic rings. The molecule has 3 fully saturated rings. The van der Waals surface area contributed by atoms with Crippen LogP contribution in [0.15, 0.2) is 11.9 Å². The molecule has 1 aliphatic carbocycles. The van der Waals surface area contributed by atoms with Gasteiger partial charge in [0.05, 0.1) is 11.4 Å². The van der Waals surface area contributed by atoms with Crippen molar-refractivity contribution < 1.29 is 14.8 Å². The zero-order chi connectivity index (χ0) is 14.1. The Balaban J connectivity index is 1.72. The quantitative estimate of drug-likeness (QED) is 0.540. The number of nitrogens with zero attached hydrogens (tertiary/aromatic N) is 3. The second-order valence-corrected chi connectivity index (χ2v) is 5.82. The molecule has 8 heteroatoms. The van der Waals surface area contributed by atoms with Crippen LogP contribution in [0.4, 0.5) is 4.79 Å². The first kappa shape index (κ1) is 12.0. The van der Waals surface area contributed by atoms with E-state index < -0.39 is 11.8 Å². The first-order chi connectivity index (χ1) is 9.56. The minimum Gasteiger partial charge on any atom is -0.368 e. The second-order valence-electron chi connectivity index (χ2n) is 5.82. The maximum Gasteiger partial charge on any atom is 0.339 e. The largest absolute Gasteiger partial charge is 0.368 e. The molecule has 0 aromatic rings. The van der Waals surface area contributed by atoms with E-state index in [9.17, 15) is 14.8 Å². The lowest BCUT2D eigenvalue weighted by molar-refractivity contribution is -0.595. The maximum atomic E-state index is 12.0. The van der Waals surface area contributed by atoms with E-state index in [0.717, 1.165) is 17.8 Å². The Morgan fingerprint density at radius 3 is 3.15 bits per heavy atom. The van der Waals surface area contributed by atoms with E-state index in [1.165, 1.54) is 4.90 Å². The molecule has 4 unspecified atom stereocenters. The number of fused-ring (bicyclic) bond motifs is 5. The molecule has 0 aromatic heterocycles. The van der Waals surface area contributed by atoms with Gasteiger partial charge < -0.3 is 10.4 Å². The van der Waals surface area contributed by atoms with Gasteiger partial charge in [-0.3, -0.25) is 9.80 Å². The molecule has 0 aromatic carbocycles. The molecule has 0 spiro atoms. The summed E-state index contributed by atoms with van der Waals surface area (Å²) in [6, 6.07) is -0.967. The fourth-order valence-corrected chi connectivity index (χ4v) is 4.13. The molecule has 20 heavy (non-hydrogen) atoms. The van der Waals surface area contributed by atoms with Crippen LogP contribution in [0, 0.1) is 4.91 Å². The Kier molecular flexibility index (Phi) is 2.17. The fourth-order valence-electron chi connectivity index (χ4n) is 4.13. The average Bonchev–Trinajstić information content (AvgIpc) is 3.03. The first-order valence-corrected chi connectivity index (χ1v) is 7.07. The summed E-state index contributed by atoms with van der Waals surface area (Å²) in [5.41, 5.74) is 1.66. The molecule has 2 saturated heterocycles. The van der Waals surface area contributed by atoms with Gasteiger partial charge in [0, 0.05) is 25.5 Å². The van der Waals surface area contributed by atoms with Gasteiger partial charge in [-0.2, -0.15) is 0 Å². The number of amides is 2. The van der Waals surface area contributed by atoms with Gasteiger partial charge in [0.1, 0.15) is 18.1 Å². The van der Waals surface area contributed by atoms with E-state index >= 15 is 0 Å². The molecule has 1 saturated carbocycles. The molecular weight excluding hydrogens is 262 g/mol. The van der Waals surface area contributed by atoms with Gasteiger partial charge in [-0.25, -0.2) is 10.2 Å². The standard InChI is InChI=1S/C12H17N5O3/c1-2-16-11(18)13-10-9-7(6-12(10,16)19)15-5-3-4-8(15)17(20)14-9/h4,7,9-10,19H,2-3,5-6H2,1H3,(H-,13,14,18,20)/p+1. The van der Waals surface area contributed by atoms with Gasteiger partial charge in [0.25, 0.3) is 0 Å². The van der Waals surface area contributed by atoms with Gasteiger partial charge in [-0.15, -0.1) is 0 Å². The third-order valence-corrected chi connectivity index (χ3v) is 4.95.